The van der Waals surface area contributed by atoms with Crippen molar-refractivity contribution in [1.82, 2.24) is 18.3 Å². The van der Waals surface area contributed by atoms with Gasteiger partial charge in [0.1, 0.15) is 18.2 Å². The summed E-state index contributed by atoms with van der Waals surface area (Å²) in [5, 5.41) is 43.3. The zero-order valence-electron chi connectivity index (χ0n) is 39.9. The van der Waals surface area contributed by atoms with Crippen LogP contribution in [0, 0.1) is 53.7 Å². The molecule has 10 nitrogen and oxygen atoms in total. The van der Waals surface area contributed by atoms with Gasteiger partial charge in [-0.1, -0.05) is 146 Å². The summed E-state index contributed by atoms with van der Waals surface area (Å²) >= 11 is 0. The highest BCUT2D eigenvalue weighted by Crippen LogP contribution is 2.57. The van der Waals surface area contributed by atoms with Gasteiger partial charge in [-0.25, -0.2) is 14.5 Å². The van der Waals surface area contributed by atoms with E-state index in [-0.39, 0.29) is 67.6 Å². The first-order valence-corrected chi connectivity index (χ1v) is 24.3. The maximum atomic E-state index is 12.2. The van der Waals surface area contributed by atoms with E-state index < -0.39 is 0 Å². The molecule has 0 saturated carbocycles. The highest BCUT2D eigenvalue weighted by molar-refractivity contribution is 6.18. The third-order valence-corrected chi connectivity index (χ3v) is 15.0. The molecule has 0 unspecified atom stereocenters. The molecule has 0 saturated heterocycles. The van der Waals surface area contributed by atoms with Crippen LogP contribution in [-0.2, 0) is 0 Å². The van der Waals surface area contributed by atoms with Gasteiger partial charge in [0.15, 0.2) is 0 Å². The standard InChI is InChI=1S/C66H32N10/c1-70-60-59(61(71-2)66(76-56-34-18-10-26-45(56)46-27-11-19-35-57(46)76)49(38-69)65(60)75-54-32-16-8-24-43(54)44-25-9-17-33-55(44)75)58-47(36-67)63(73-50-28-12-4-20-39(50)40-21-5-13-29-51(40)73)62(72-3)64(48(58)37-68)74-52-30-14-6-22-41(52)42-23-7-15-31-53(42)74/h4-35H. The van der Waals surface area contributed by atoms with Gasteiger partial charge in [0, 0.05) is 43.1 Å². The predicted molar refractivity (Wildman–Crippen MR) is 302 cm³/mol. The molecular formula is C66H32N10. The fourth-order valence-corrected chi connectivity index (χ4v) is 12.1. The summed E-state index contributed by atoms with van der Waals surface area (Å²) in [5.74, 6) is 0. The first-order chi connectivity index (χ1) is 37.6. The summed E-state index contributed by atoms with van der Waals surface area (Å²) in [4.78, 5) is 13.1. The molecular weight excluding hydrogens is 933 g/mol. The maximum absolute atomic E-state index is 12.2. The number of hydrogen-bond acceptors (Lipinski definition) is 3. The summed E-state index contributed by atoms with van der Waals surface area (Å²) in [6, 6.07) is 70.0. The van der Waals surface area contributed by atoms with Crippen molar-refractivity contribution in [1.29, 1.82) is 15.8 Å². The Labute approximate surface area is 433 Å². The van der Waals surface area contributed by atoms with Gasteiger partial charge in [-0.3, -0.25) is 0 Å². The minimum Gasteiger partial charge on any atom is -0.318 e. The van der Waals surface area contributed by atoms with Crippen LogP contribution in [0.25, 0.3) is 136 Å². The van der Waals surface area contributed by atoms with E-state index in [1.54, 1.807) is 0 Å². The molecule has 14 rings (SSSR count). The minimum absolute atomic E-state index is 0.0162. The lowest BCUT2D eigenvalue weighted by Crippen LogP contribution is -2.10. The molecule has 4 heterocycles. The molecule has 0 aliphatic carbocycles. The molecule has 0 aliphatic heterocycles. The topological polar surface area (TPSA) is 104 Å². The molecule has 0 radical (unpaired) electrons. The summed E-state index contributed by atoms with van der Waals surface area (Å²) in [6.07, 6.45) is 0. The fraction of sp³-hybridized carbons (Fsp3) is 0. The molecule has 0 N–H and O–H groups in total. The lowest BCUT2D eigenvalue weighted by Gasteiger charge is -2.26. The fourth-order valence-electron chi connectivity index (χ4n) is 12.1. The predicted octanol–water partition coefficient (Wildman–Crippen LogP) is 17.0. The molecule has 10 aromatic carbocycles. The molecule has 0 atom stereocenters. The van der Waals surface area contributed by atoms with Crippen LogP contribution in [0.1, 0.15) is 16.7 Å². The Morgan fingerprint density at radius 1 is 0.263 bits per heavy atom. The van der Waals surface area contributed by atoms with Crippen LogP contribution in [0.15, 0.2) is 194 Å². The van der Waals surface area contributed by atoms with E-state index in [0.717, 1.165) is 43.1 Å². The van der Waals surface area contributed by atoms with Crippen molar-refractivity contribution in [2.75, 3.05) is 0 Å². The van der Waals surface area contributed by atoms with Crippen molar-refractivity contribution in [2.24, 2.45) is 0 Å². The number of rotatable bonds is 5. The molecule has 0 spiro atoms. The van der Waals surface area contributed by atoms with Gasteiger partial charge < -0.3 is 18.3 Å². The van der Waals surface area contributed by atoms with Crippen LogP contribution in [0.3, 0.4) is 0 Å². The first kappa shape index (κ1) is 43.2. The molecule has 0 amide bonds. The third kappa shape index (κ3) is 5.62. The van der Waals surface area contributed by atoms with Crippen molar-refractivity contribution in [3.05, 3.63) is 245 Å². The number of nitriles is 3. The molecule has 14 aromatic rings. The largest absolute Gasteiger partial charge is 0.318 e. The maximum Gasteiger partial charge on any atom is 0.236 e. The number of aromatic nitrogens is 4. The van der Waals surface area contributed by atoms with E-state index >= 15 is 0 Å². The molecule has 346 valence electrons. The average Bonchev–Trinajstić information content (AvgIpc) is 4.30. The minimum atomic E-state index is -0.122. The van der Waals surface area contributed by atoms with Crippen molar-refractivity contribution >= 4 is 104 Å². The Hall–Kier alpha value is -11.7. The lowest BCUT2D eigenvalue weighted by molar-refractivity contribution is 1.12. The van der Waals surface area contributed by atoms with E-state index in [1.807, 2.05) is 212 Å². The Morgan fingerprint density at radius 3 is 0.658 bits per heavy atom. The lowest BCUT2D eigenvalue weighted by atomic mass is 9.86. The van der Waals surface area contributed by atoms with E-state index in [0.29, 0.717) is 44.1 Å². The first-order valence-electron chi connectivity index (χ1n) is 24.3. The van der Waals surface area contributed by atoms with Crippen LogP contribution in [0.2, 0.25) is 0 Å². The van der Waals surface area contributed by atoms with Gasteiger partial charge in [0.2, 0.25) is 17.1 Å². The summed E-state index contributed by atoms with van der Waals surface area (Å²) in [5.41, 5.74) is 5.84. The summed E-state index contributed by atoms with van der Waals surface area (Å²) in [6.45, 7) is 28.2. The molecule has 4 aromatic heterocycles. The smallest absolute Gasteiger partial charge is 0.236 e. The van der Waals surface area contributed by atoms with Crippen LogP contribution in [0.5, 0.6) is 0 Å². The van der Waals surface area contributed by atoms with Crippen LogP contribution < -0.4 is 0 Å². The Balaban J connectivity index is 1.31. The normalized spacial score (nSPS) is 11.3. The quantitative estimate of drug-likeness (QED) is 0.160. The molecule has 0 fully saturated rings. The zero-order chi connectivity index (χ0) is 51.3. The number of para-hydroxylation sites is 8. The zero-order valence-corrected chi connectivity index (χ0v) is 39.9. The van der Waals surface area contributed by atoms with Gasteiger partial charge in [-0.05, 0) is 59.7 Å². The van der Waals surface area contributed by atoms with E-state index in [2.05, 4.69) is 32.7 Å². The van der Waals surface area contributed by atoms with Crippen LogP contribution >= 0.6 is 0 Å². The Morgan fingerprint density at radius 2 is 0.461 bits per heavy atom. The van der Waals surface area contributed by atoms with Crippen molar-refractivity contribution in [2.45, 2.75) is 0 Å². The van der Waals surface area contributed by atoms with Crippen molar-refractivity contribution in [3.63, 3.8) is 0 Å². The second-order valence-corrected chi connectivity index (χ2v) is 18.5. The molecule has 0 bridgehead atoms. The van der Waals surface area contributed by atoms with Crippen molar-refractivity contribution < 1.29 is 0 Å². The van der Waals surface area contributed by atoms with Crippen molar-refractivity contribution in [3.8, 4) is 52.1 Å². The number of nitrogens with zero attached hydrogens (tertiary/aromatic N) is 10. The van der Waals surface area contributed by atoms with Crippen LogP contribution in [-0.4, -0.2) is 18.3 Å². The second kappa shape index (κ2) is 16.4. The van der Waals surface area contributed by atoms with Crippen LogP contribution in [0.4, 0.5) is 17.1 Å². The average molecular weight is 965 g/mol. The van der Waals surface area contributed by atoms with Gasteiger partial charge in [-0.2, -0.15) is 15.8 Å². The molecule has 0 aliphatic rings. The van der Waals surface area contributed by atoms with Gasteiger partial charge in [-0.15, -0.1) is 0 Å². The van der Waals surface area contributed by atoms with E-state index in [4.69, 9.17) is 0 Å². The summed E-state index contributed by atoms with van der Waals surface area (Å²) < 4.78 is 7.66. The highest BCUT2D eigenvalue weighted by atomic mass is 15.1. The number of benzene rings is 10. The second-order valence-electron chi connectivity index (χ2n) is 18.5. The van der Waals surface area contributed by atoms with E-state index in [1.165, 1.54) is 0 Å². The Kier molecular flexibility index (Phi) is 9.34. The Bertz CT molecular complexity index is 4360. The summed E-state index contributed by atoms with van der Waals surface area (Å²) in [7, 11) is 0. The number of hydrogen-bond donors (Lipinski definition) is 0. The molecule has 10 heteroatoms. The molecule has 76 heavy (non-hydrogen) atoms. The SMILES string of the molecule is [C-]#[N+]c1c(-c2c(C#N)c(-n3c4ccccc4c4ccccc43)c([N+]#[C-])c(-n3c4ccccc4c4ccccc43)c2C#N)c([N+]#[C-])c(-n2c3ccccc3c3ccccc32)c(C#N)c1-n1c2ccccc2c2ccccc21. The highest BCUT2D eigenvalue weighted by Gasteiger charge is 2.37. The van der Waals surface area contributed by atoms with Gasteiger partial charge in [0.25, 0.3) is 0 Å². The monoisotopic (exact) mass is 964 g/mol. The van der Waals surface area contributed by atoms with Gasteiger partial charge >= 0.3 is 0 Å². The van der Waals surface area contributed by atoms with Gasteiger partial charge in [0.05, 0.1) is 103 Å². The third-order valence-electron chi connectivity index (χ3n) is 15.0. The number of fused-ring (bicyclic) bond motifs is 12. The van der Waals surface area contributed by atoms with E-state index in [9.17, 15) is 35.5 Å².